The zero-order valence-electron chi connectivity index (χ0n) is 28.1. The third-order valence-corrected chi connectivity index (χ3v) is 9.98. The van der Waals surface area contributed by atoms with Crippen molar-refractivity contribution in [2.24, 2.45) is 5.92 Å². The number of nitrogens with zero attached hydrogens (tertiary/aromatic N) is 2. The van der Waals surface area contributed by atoms with Gasteiger partial charge in [0.05, 0.1) is 18.3 Å². The Kier molecular flexibility index (Phi) is 13.0. The maximum atomic E-state index is 15.0. The zero-order valence-corrected chi connectivity index (χ0v) is 28.1. The van der Waals surface area contributed by atoms with Crippen molar-refractivity contribution in [3.63, 3.8) is 0 Å². The van der Waals surface area contributed by atoms with Gasteiger partial charge in [0.2, 0.25) is 0 Å². The van der Waals surface area contributed by atoms with Gasteiger partial charge in [-0.3, -0.25) is 9.64 Å². The van der Waals surface area contributed by atoms with Gasteiger partial charge in [-0.2, -0.15) is 13.2 Å². The number of likely N-dealkylation sites (N-methyl/N-ethyl adjacent to an activating group) is 1. The van der Waals surface area contributed by atoms with Crippen molar-refractivity contribution < 1.29 is 45.0 Å². The average molecular weight is 689 g/mol. The lowest BCUT2D eigenvalue weighted by Gasteiger charge is -2.35. The quantitative estimate of drug-likeness (QED) is 0.164. The molecule has 12 heteroatoms. The summed E-state index contributed by atoms with van der Waals surface area (Å²) >= 11 is 0. The molecular formula is C36H47F7N2O3. The van der Waals surface area contributed by atoms with Gasteiger partial charge in [-0.15, -0.1) is 13.2 Å². The molecule has 0 bridgehead atoms. The van der Waals surface area contributed by atoms with Gasteiger partial charge in [-0.05, 0) is 157 Å². The summed E-state index contributed by atoms with van der Waals surface area (Å²) in [6.45, 7) is 5.61. The fourth-order valence-corrected chi connectivity index (χ4v) is 7.57. The van der Waals surface area contributed by atoms with E-state index in [0.29, 0.717) is 60.4 Å². The number of alkyl halides is 6. The summed E-state index contributed by atoms with van der Waals surface area (Å²) in [5.74, 6) is -1.25. The first kappa shape index (κ1) is 38.1. The highest BCUT2D eigenvalue weighted by atomic mass is 19.4. The minimum atomic E-state index is -4.73. The number of ether oxygens (including phenoxy) is 2. The Labute approximate surface area is 278 Å². The molecule has 1 aliphatic carbocycles. The van der Waals surface area contributed by atoms with Gasteiger partial charge in [0.1, 0.15) is 11.9 Å². The predicted octanol–water partition coefficient (Wildman–Crippen LogP) is 9.16. The highest BCUT2D eigenvalue weighted by Gasteiger charge is 2.38. The molecule has 1 saturated carbocycles. The van der Waals surface area contributed by atoms with Gasteiger partial charge in [0, 0.05) is 0 Å². The molecule has 2 aromatic rings. The van der Waals surface area contributed by atoms with Gasteiger partial charge >= 0.3 is 18.5 Å². The SMILES string of the molecule is CCOC(=O)C(c1cc(F)cc(C)c1C1CCC(OC(F)(F)F)CC1)N(C)CCC(CC1CCN(C)CC1)c1cccc(C(F)(F)F)c1. The molecule has 4 rings (SSSR count). The summed E-state index contributed by atoms with van der Waals surface area (Å²) in [7, 11) is 3.77. The van der Waals surface area contributed by atoms with Crippen molar-refractivity contribution in [3.8, 4) is 0 Å². The molecule has 0 spiro atoms. The monoisotopic (exact) mass is 688 g/mol. The van der Waals surface area contributed by atoms with Gasteiger partial charge in [-0.25, -0.2) is 9.18 Å². The first-order valence-electron chi connectivity index (χ1n) is 16.8. The fraction of sp³-hybridized carbons (Fsp3) is 0.639. The molecule has 2 atom stereocenters. The molecule has 0 aromatic heterocycles. The molecule has 5 nitrogen and oxygen atoms in total. The predicted molar refractivity (Wildman–Crippen MR) is 169 cm³/mol. The van der Waals surface area contributed by atoms with Crippen LogP contribution in [0.5, 0.6) is 0 Å². The number of aryl methyl sites for hydroxylation is 1. The van der Waals surface area contributed by atoms with Crippen molar-refractivity contribution in [3.05, 3.63) is 70.0 Å². The van der Waals surface area contributed by atoms with E-state index in [1.54, 1.807) is 31.9 Å². The highest BCUT2D eigenvalue weighted by molar-refractivity contribution is 5.78. The van der Waals surface area contributed by atoms with E-state index >= 15 is 4.39 Å². The van der Waals surface area contributed by atoms with Crippen LogP contribution >= 0.6 is 0 Å². The second kappa shape index (κ2) is 16.3. The number of likely N-dealkylation sites (tertiary alicyclic amines) is 1. The second-order valence-electron chi connectivity index (χ2n) is 13.5. The van der Waals surface area contributed by atoms with E-state index in [9.17, 15) is 31.1 Å². The zero-order chi connectivity index (χ0) is 35.2. The topological polar surface area (TPSA) is 42.0 Å². The van der Waals surface area contributed by atoms with Gasteiger partial charge in [0.15, 0.2) is 0 Å². The van der Waals surface area contributed by atoms with Crippen LogP contribution in [0.1, 0.15) is 104 Å². The van der Waals surface area contributed by atoms with Gasteiger partial charge < -0.3 is 9.64 Å². The Bertz CT molecular complexity index is 1350. The third kappa shape index (κ3) is 10.4. The lowest BCUT2D eigenvalue weighted by Crippen LogP contribution is -2.36. The van der Waals surface area contributed by atoms with Crippen LogP contribution in [0.2, 0.25) is 0 Å². The Hall–Kier alpha value is -2.70. The molecule has 2 aliphatic rings. The minimum Gasteiger partial charge on any atom is -0.465 e. The van der Waals surface area contributed by atoms with Crippen molar-refractivity contribution in [2.75, 3.05) is 40.3 Å². The van der Waals surface area contributed by atoms with Gasteiger partial charge in [-0.1, -0.05) is 18.2 Å². The highest BCUT2D eigenvalue weighted by Crippen LogP contribution is 2.42. The standard InChI is InChI=1S/C36H47F7N2O3/c1-5-47-34(46)33(31-22-29(37)19-23(2)32(31)25-9-11-30(12-10-25)48-36(41,42)43)45(4)18-15-27(20-24-13-16-44(3)17-14-24)26-7-6-8-28(21-26)35(38,39)40/h6-8,19,21-22,24-25,27,30,33H,5,9-18,20H2,1-4H3. The van der Waals surface area contributed by atoms with Crippen LogP contribution in [0.15, 0.2) is 36.4 Å². The average Bonchev–Trinajstić information content (AvgIpc) is 3.00. The third-order valence-electron chi connectivity index (χ3n) is 9.98. The molecule has 1 saturated heterocycles. The van der Waals surface area contributed by atoms with Crippen LogP contribution in [0.25, 0.3) is 0 Å². The maximum Gasteiger partial charge on any atom is 0.522 e. The minimum absolute atomic E-state index is 0.0790. The van der Waals surface area contributed by atoms with Crippen molar-refractivity contribution in [2.45, 2.75) is 102 Å². The lowest BCUT2D eigenvalue weighted by molar-refractivity contribution is -0.345. The Morgan fingerprint density at radius 2 is 1.67 bits per heavy atom. The van der Waals surface area contributed by atoms with E-state index in [0.717, 1.165) is 32.0 Å². The van der Waals surface area contributed by atoms with Crippen LogP contribution in [0, 0.1) is 18.7 Å². The summed E-state index contributed by atoms with van der Waals surface area (Å²) in [6, 6.07) is 7.09. The number of rotatable bonds is 12. The van der Waals surface area contributed by atoms with E-state index < -0.39 is 42.0 Å². The number of carbonyl (C=O) groups excluding carboxylic acids is 1. The molecule has 0 radical (unpaired) electrons. The van der Waals surface area contributed by atoms with Crippen LogP contribution in [-0.4, -0.2) is 68.6 Å². The molecule has 0 N–H and O–H groups in total. The first-order chi connectivity index (χ1) is 22.6. The molecule has 0 amide bonds. The van der Waals surface area contributed by atoms with Crippen LogP contribution in [-0.2, 0) is 20.4 Å². The second-order valence-corrected chi connectivity index (χ2v) is 13.5. The number of halogens is 7. The summed E-state index contributed by atoms with van der Waals surface area (Å²) in [5, 5.41) is 0. The number of benzene rings is 2. The van der Waals surface area contributed by atoms with Crippen molar-refractivity contribution in [1.82, 2.24) is 9.80 Å². The number of hydrogen-bond donors (Lipinski definition) is 0. The molecule has 1 aliphatic heterocycles. The fourth-order valence-electron chi connectivity index (χ4n) is 7.57. The number of piperidine rings is 1. The Morgan fingerprint density at radius 3 is 2.27 bits per heavy atom. The Morgan fingerprint density at radius 1 is 1.00 bits per heavy atom. The van der Waals surface area contributed by atoms with E-state index in [-0.39, 0.29) is 31.3 Å². The Balaban J connectivity index is 1.62. The van der Waals surface area contributed by atoms with Crippen molar-refractivity contribution in [1.29, 1.82) is 0 Å². The van der Waals surface area contributed by atoms with E-state index in [1.807, 2.05) is 0 Å². The molecule has 2 aromatic carbocycles. The summed E-state index contributed by atoms with van der Waals surface area (Å²) in [6.07, 6.45) is -6.09. The molecule has 2 fully saturated rings. The van der Waals surface area contributed by atoms with E-state index in [4.69, 9.17) is 4.74 Å². The number of hydrogen-bond acceptors (Lipinski definition) is 5. The first-order valence-corrected chi connectivity index (χ1v) is 16.8. The van der Waals surface area contributed by atoms with Crippen LogP contribution in [0.4, 0.5) is 30.7 Å². The maximum absolute atomic E-state index is 15.0. The van der Waals surface area contributed by atoms with Crippen LogP contribution < -0.4 is 0 Å². The number of carbonyl (C=O) groups is 1. The molecule has 2 unspecified atom stereocenters. The molecule has 1 heterocycles. The number of esters is 1. The summed E-state index contributed by atoms with van der Waals surface area (Å²) < 4.78 is 104. The van der Waals surface area contributed by atoms with Gasteiger partial charge in [0.25, 0.3) is 0 Å². The summed E-state index contributed by atoms with van der Waals surface area (Å²) in [5.41, 5.74) is 1.59. The normalized spacial score (nSPS) is 21.3. The lowest BCUT2D eigenvalue weighted by atomic mass is 9.77. The van der Waals surface area contributed by atoms with E-state index in [1.165, 1.54) is 24.3 Å². The van der Waals surface area contributed by atoms with E-state index in [2.05, 4.69) is 16.7 Å². The van der Waals surface area contributed by atoms with Crippen molar-refractivity contribution >= 4 is 5.97 Å². The van der Waals surface area contributed by atoms with Crippen LogP contribution in [0.3, 0.4) is 0 Å². The molecule has 268 valence electrons. The summed E-state index contributed by atoms with van der Waals surface area (Å²) in [4.78, 5) is 17.6. The molecular weight excluding hydrogens is 641 g/mol. The molecule has 48 heavy (non-hydrogen) atoms. The smallest absolute Gasteiger partial charge is 0.465 e. The largest absolute Gasteiger partial charge is 0.522 e.